The molecule has 7 heteroatoms. The van der Waals surface area contributed by atoms with Crippen molar-refractivity contribution in [3.05, 3.63) is 64.7 Å². The maximum atomic E-state index is 12.0. The van der Waals surface area contributed by atoms with E-state index in [9.17, 15) is 14.9 Å². The number of carbonyl (C=O) groups excluding carboxylic acids is 1. The van der Waals surface area contributed by atoms with Crippen molar-refractivity contribution < 1.29 is 14.5 Å². The normalized spacial score (nSPS) is 10.4. The number of rotatable bonds is 8. The molecule has 0 atom stereocenters. The number of hydrogen-bond acceptors (Lipinski definition) is 5. The number of nitrogens with one attached hydrogen (secondary N) is 1. The van der Waals surface area contributed by atoms with Crippen molar-refractivity contribution >= 4 is 17.3 Å². The van der Waals surface area contributed by atoms with Crippen LogP contribution >= 0.6 is 0 Å². The lowest BCUT2D eigenvalue weighted by Gasteiger charge is -2.16. The zero-order chi connectivity index (χ0) is 17.4. The first-order valence-electron chi connectivity index (χ1n) is 7.45. The number of nitro benzene ring substituents is 1. The molecule has 0 radical (unpaired) electrons. The van der Waals surface area contributed by atoms with Crippen LogP contribution in [0.5, 0.6) is 5.75 Å². The third-order valence-electron chi connectivity index (χ3n) is 3.24. The minimum Gasteiger partial charge on any atom is -0.492 e. The van der Waals surface area contributed by atoms with E-state index >= 15 is 0 Å². The number of benzene rings is 2. The number of likely N-dealkylation sites (N-methyl/N-ethyl adjacent to an activating group) is 1. The molecule has 0 fully saturated rings. The average Bonchev–Trinajstić information content (AvgIpc) is 2.56. The van der Waals surface area contributed by atoms with Gasteiger partial charge in [-0.2, -0.15) is 0 Å². The average molecular weight is 329 g/mol. The molecule has 0 unspecified atom stereocenters. The largest absolute Gasteiger partial charge is 0.492 e. The number of nitro groups is 1. The standard InChI is InChI=1S/C17H19N3O4/c1-19(10-11-24-16-8-3-2-4-9-16)13-17(21)18-14-6-5-7-15(12-14)20(22)23/h2-9,12H,10-11,13H2,1H3,(H,18,21). The first-order valence-corrected chi connectivity index (χ1v) is 7.45. The van der Waals surface area contributed by atoms with Gasteiger partial charge in [0, 0.05) is 24.4 Å². The number of amides is 1. The minimum atomic E-state index is -0.497. The maximum Gasteiger partial charge on any atom is 0.271 e. The van der Waals surface area contributed by atoms with Gasteiger partial charge in [0.2, 0.25) is 5.91 Å². The molecule has 0 saturated carbocycles. The van der Waals surface area contributed by atoms with Crippen LogP contribution in [-0.2, 0) is 4.79 Å². The Kier molecular flexibility index (Phi) is 6.27. The second kappa shape index (κ2) is 8.64. The zero-order valence-corrected chi connectivity index (χ0v) is 13.3. The number of para-hydroxylation sites is 1. The van der Waals surface area contributed by atoms with Crippen LogP contribution in [0.1, 0.15) is 0 Å². The predicted molar refractivity (Wildman–Crippen MR) is 91.2 cm³/mol. The quantitative estimate of drug-likeness (QED) is 0.594. The van der Waals surface area contributed by atoms with Crippen molar-refractivity contribution in [3.63, 3.8) is 0 Å². The second-order valence-electron chi connectivity index (χ2n) is 5.25. The summed E-state index contributed by atoms with van der Waals surface area (Å²) in [5.74, 6) is 0.546. The smallest absolute Gasteiger partial charge is 0.271 e. The Morgan fingerprint density at radius 2 is 1.96 bits per heavy atom. The molecular formula is C17H19N3O4. The lowest BCUT2D eigenvalue weighted by atomic mass is 10.3. The van der Waals surface area contributed by atoms with Crippen LogP contribution in [0.3, 0.4) is 0 Å². The van der Waals surface area contributed by atoms with Gasteiger partial charge in [0.1, 0.15) is 12.4 Å². The highest BCUT2D eigenvalue weighted by molar-refractivity contribution is 5.92. The Bertz CT molecular complexity index is 691. The van der Waals surface area contributed by atoms with Crippen molar-refractivity contribution in [2.45, 2.75) is 0 Å². The molecule has 2 aromatic carbocycles. The van der Waals surface area contributed by atoms with Gasteiger partial charge < -0.3 is 10.1 Å². The highest BCUT2D eigenvalue weighted by Gasteiger charge is 2.10. The number of carbonyl (C=O) groups is 1. The van der Waals surface area contributed by atoms with Crippen LogP contribution in [0.4, 0.5) is 11.4 Å². The third-order valence-corrected chi connectivity index (χ3v) is 3.24. The summed E-state index contributed by atoms with van der Waals surface area (Å²) in [6, 6.07) is 15.3. The fourth-order valence-corrected chi connectivity index (χ4v) is 2.06. The molecule has 7 nitrogen and oxygen atoms in total. The monoisotopic (exact) mass is 329 g/mol. The number of hydrogen-bond donors (Lipinski definition) is 1. The first kappa shape index (κ1) is 17.4. The van der Waals surface area contributed by atoms with E-state index < -0.39 is 4.92 Å². The third kappa shape index (κ3) is 5.69. The second-order valence-corrected chi connectivity index (χ2v) is 5.25. The Hall–Kier alpha value is -2.93. The van der Waals surface area contributed by atoms with E-state index in [-0.39, 0.29) is 18.1 Å². The molecule has 0 aliphatic carbocycles. The van der Waals surface area contributed by atoms with Crippen LogP contribution in [0.15, 0.2) is 54.6 Å². The molecule has 0 saturated heterocycles. The summed E-state index contributed by atoms with van der Waals surface area (Å²) in [6.45, 7) is 1.21. The van der Waals surface area contributed by atoms with Crippen LogP contribution in [0.2, 0.25) is 0 Å². The molecule has 0 bridgehead atoms. The molecule has 0 spiro atoms. The number of anilines is 1. The lowest BCUT2D eigenvalue weighted by Crippen LogP contribution is -2.33. The van der Waals surface area contributed by atoms with Gasteiger partial charge in [0.15, 0.2) is 0 Å². The molecule has 1 amide bonds. The van der Waals surface area contributed by atoms with Gasteiger partial charge in [-0.3, -0.25) is 19.8 Å². The molecule has 0 heterocycles. The fourth-order valence-electron chi connectivity index (χ4n) is 2.06. The Morgan fingerprint density at radius 1 is 1.21 bits per heavy atom. The molecule has 1 N–H and O–H groups in total. The molecule has 0 aliphatic heterocycles. The summed E-state index contributed by atoms with van der Waals surface area (Å²) in [5, 5.41) is 13.4. The molecule has 126 valence electrons. The van der Waals surface area contributed by atoms with Crippen LogP contribution in [0, 0.1) is 10.1 Å². The number of nitrogens with zero attached hydrogens (tertiary/aromatic N) is 2. The van der Waals surface area contributed by atoms with Crippen molar-refractivity contribution in [2.24, 2.45) is 0 Å². The van der Waals surface area contributed by atoms with E-state index in [2.05, 4.69) is 5.32 Å². The van der Waals surface area contributed by atoms with Gasteiger partial charge in [-0.05, 0) is 25.2 Å². The van der Waals surface area contributed by atoms with Crippen LogP contribution in [-0.4, -0.2) is 42.5 Å². The summed E-state index contributed by atoms with van der Waals surface area (Å²) in [5.41, 5.74) is 0.348. The molecular weight excluding hydrogens is 310 g/mol. The van der Waals surface area contributed by atoms with Gasteiger partial charge in [0.05, 0.1) is 11.5 Å². The maximum absolute atomic E-state index is 12.0. The Labute approximate surface area is 140 Å². The van der Waals surface area contributed by atoms with Gasteiger partial charge >= 0.3 is 0 Å². The van der Waals surface area contributed by atoms with Crippen LogP contribution in [0.25, 0.3) is 0 Å². The van der Waals surface area contributed by atoms with Crippen molar-refractivity contribution in [3.8, 4) is 5.75 Å². The molecule has 2 rings (SSSR count). The molecule has 24 heavy (non-hydrogen) atoms. The molecule has 0 aromatic heterocycles. The summed E-state index contributed by atoms with van der Waals surface area (Å²) in [6.07, 6.45) is 0. The summed E-state index contributed by atoms with van der Waals surface area (Å²) < 4.78 is 5.57. The summed E-state index contributed by atoms with van der Waals surface area (Å²) >= 11 is 0. The predicted octanol–water partition coefficient (Wildman–Crippen LogP) is 2.54. The van der Waals surface area contributed by atoms with Crippen molar-refractivity contribution in [1.29, 1.82) is 0 Å². The number of ether oxygens (including phenoxy) is 1. The summed E-state index contributed by atoms with van der Waals surface area (Å²) in [7, 11) is 1.81. The molecule has 2 aromatic rings. The van der Waals surface area contributed by atoms with E-state index in [4.69, 9.17) is 4.74 Å². The van der Waals surface area contributed by atoms with Gasteiger partial charge in [-0.1, -0.05) is 24.3 Å². The first-order chi connectivity index (χ1) is 11.5. The van der Waals surface area contributed by atoms with Gasteiger partial charge in [0.25, 0.3) is 5.69 Å². The topological polar surface area (TPSA) is 84.7 Å². The number of non-ortho nitro benzene ring substituents is 1. The van der Waals surface area contributed by atoms with Crippen molar-refractivity contribution in [2.75, 3.05) is 32.1 Å². The van der Waals surface area contributed by atoms with E-state index in [1.807, 2.05) is 35.2 Å². The lowest BCUT2D eigenvalue weighted by molar-refractivity contribution is -0.384. The summed E-state index contributed by atoms with van der Waals surface area (Å²) in [4.78, 5) is 24.0. The van der Waals surface area contributed by atoms with Gasteiger partial charge in [-0.25, -0.2) is 0 Å². The Morgan fingerprint density at radius 3 is 2.67 bits per heavy atom. The van der Waals surface area contributed by atoms with E-state index in [1.165, 1.54) is 18.2 Å². The van der Waals surface area contributed by atoms with Crippen LogP contribution < -0.4 is 10.1 Å². The van der Waals surface area contributed by atoms with E-state index in [0.29, 0.717) is 18.8 Å². The Balaban J connectivity index is 1.75. The minimum absolute atomic E-state index is 0.0579. The molecule has 0 aliphatic rings. The highest BCUT2D eigenvalue weighted by Crippen LogP contribution is 2.16. The van der Waals surface area contributed by atoms with E-state index in [0.717, 1.165) is 5.75 Å². The van der Waals surface area contributed by atoms with Gasteiger partial charge in [-0.15, -0.1) is 0 Å². The van der Waals surface area contributed by atoms with E-state index in [1.54, 1.807) is 13.1 Å². The highest BCUT2D eigenvalue weighted by atomic mass is 16.6. The fraction of sp³-hybridized carbons (Fsp3) is 0.235. The zero-order valence-electron chi connectivity index (χ0n) is 13.3. The van der Waals surface area contributed by atoms with Crippen molar-refractivity contribution in [1.82, 2.24) is 4.90 Å². The SMILES string of the molecule is CN(CCOc1ccccc1)CC(=O)Nc1cccc([N+](=O)[O-])c1.